The molecule has 194 valence electrons. The highest BCUT2D eigenvalue weighted by Crippen LogP contribution is 2.17. The Hall–Kier alpha value is -1.14. The number of aliphatic hydroxyl groups is 1. The summed E-state index contributed by atoms with van der Waals surface area (Å²) >= 11 is 0. The second-order valence-corrected chi connectivity index (χ2v) is 10.1. The molecule has 0 spiro atoms. The quantitative estimate of drug-likeness (QED) is 0.157. The van der Waals surface area contributed by atoms with Crippen LogP contribution < -0.4 is 5.32 Å². The van der Waals surface area contributed by atoms with Crippen LogP contribution in [0, 0.1) is 5.92 Å². The predicted octanol–water partition coefficient (Wildman–Crippen LogP) is 6.13. The number of carbonyl (C=O) groups is 2. The standard InChI is InChI=1S/C27H52N2O4/c1-3-4-5-6-7-8-9-10-11-12-13-14-15-16-17-21-25(30)23(2)26(31)28-24-20-18-19-22-29(33)27(24)32/h23-25,30,33H,3-22H2,1-2H3,(H,28,31). The minimum Gasteiger partial charge on any atom is -0.392 e. The first kappa shape index (κ1) is 29.9. The lowest BCUT2D eigenvalue weighted by atomic mass is 9.97. The van der Waals surface area contributed by atoms with Gasteiger partial charge >= 0.3 is 0 Å². The van der Waals surface area contributed by atoms with E-state index in [9.17, 15) is 19.9 Å². The summed E-state index contributed by atoms with van der Waals surface area (Å²) in [5.74, 6) is -1.32. The van der Waals surface area contributed by atoms with E-state index in [2.05, 4.69) is 12.2 Å². The lowest BCUT2D eigenvalue weighted by Crippen LogP contribution is -2.49. The van der Waals surface area contributed by atoms with Gasteiger partial charge in [0, 0.05) is 6.54 Å². The maximum absolute atomic E-state index is 12.5. The van der Waals surface area contributed by atoms with Crippen LogP contribution in [0.2, 0.25) is 0 Å². The second-order valence-electron chi connectivity index (χ2n) is 10.1. The molecule has 0 aromatic heterocycles. The minimum absolute atomic E-state index is 0.308. The molecule has 0 bridgehead atoms. The van der Waals surface area contributed by atoms with Crippen LogP contribution in [0.15, 0.2) is 0 Å². The largest absolute Gasteiger partial charge is 0.392 e. The Balaban J connectivity index is 1.99. The third-order valence-corrected chi connectivity index (χ3v) is 7.08. The summed E-state index contributed by atoms with van der Waals surface area (Å²) in [6.07, 6.45) is 21.5. The van der Waals surface area contributed by atoms with Crippen molar-refractivity contribution in [1.82, 2.24) is 10.4 Å². The van der Waals surface area contributed by atoms with E-state index in [4.69, 9.17) is 0 Å². The van der Waals surface area contributed by atoms with Crippen LogP contribution in [0.4, 0.5) is 0 Å². The number of rotatable bonds is 19. The Kier molecular flexibility index (Phi) is 17.4. The molecular formula is C27H52N2O4. The summed E-state index contributed by atoms with van der Waals surface area (Å²) in [4.78, 5) is 24.6. The summed E-state index contributed by atoms with van der Waals surface area (Å²) in [5, 5.41) is 23.5. The summed E-state index contributed by atoms with van der Waals surface area (Å²) < 4.78 is 0. The molecule has 1 aliphatic rings. The van der Waals surface area contributed by atoms with Gasteiger partial charge in [0.15, 0.2) is 0 Å². The molecule has 1 fully saturated rings. The number of aliphatic hydroxyl groups excluding tert-OH is 1. The number of nitrogens with zero attached hydrogens (tertiary/aromatic N) is 1. The average Bonchev–Trinajstić information content (AvgIpc) is 2.96. The number of hydroxylamine groups is 2. The fraction of sp³-hybridized carbons (Fsp3) is 0.926. The third kappa shape index (κ3) is 14.0. The summed E-state index contributed by atoms with van der Waals surface area (Å²) in [7, 11) is 0. The molecule has 1 aliphatic heterocycles. The lowest BCUT2D eigenvalue weighted by Gasteiger charge is -2.23. The van der Waals surface area contributed by atoms with Crippen LogP contribution in [-0.2, 0) is 9.59 Å². The van der Waals surface area contributed by atoms with E-state index in [1.54, 1.807) is 6.92 Å². The molecule has 3 unspecified atom stereocenters. The van der Waals surface area contributed by atoms with Crippen LogP contribution in [-0.4, -0.2) is 45.9 Å². The molecule has 1 rings (SSSR count). The van der Waals surface area contributed by atoms with Gasteiger partial charge in [-0.05, 0) is 25.7 Å². The van der Waals surface area contributed by atoms with E-state index in [-0.39, 0.29) is 5.91 Å². The monoisotopic (exact) mass is 468 g/mol. The first-order valence-corrected chi connectivity index (χ1v) is 14.0. The van der Waals surface area contributed by atoms with Gasteiger partial charge in [-0.3, -0.25) is 14.8 Å². The van der Waals surface area contributed by atoms with Gasteiger partial charge in [-0.1, -0.05) is 110 Å². The van der Waals surface area contributed by atoms with E-state index < -0.39 is 24.0 Å². The molecule has 0 aromatic carbocycles. The number of nitrogens with one attached hydrogen (secondary N) is 1. The van der Waals surface area contributed by atoms with Gasteiger partial charge in [-0.2, -0.15) is 0 Å². The first-order chi connectivity index (χ1) is 16.0. The molecule has 0 aliphatic carbocycles. The Bertz CT molecular complexity index is 514. The van der Waals surface area contributed by atoms with Crippen LogP contribution in [0.5, 0.6) is 0 Å². The molecule has 3 N–H and O–H groups in total. The van der Waals surface area contributed by atoms with Crippen molar-refractivity contribution >= 4 is 11.8 Å². The molecule has 0 radical (unpaired) electrons. The van der Waals surface area contributed by atoms with Crippen molar-refractivity contribution in [3.05, 3.63) is 0 Å². The molecule has 6 nitrogen and oxygen atoms in total. The van der Waals surface area contributed by atoms with Gasteiger partial charge in [0.2, 0.25) is 5.91 Å². The molecule has 33 heavy (non-hydrogen) atoms. The van der Waals surface area contributed by atoms with Crippen molar-refractivity contribution in [2.45, 2.75) is 148 Å². The second kappa shape index (κ2) is 19.2. The number of unbranched alkanes of at least 4 members (excludes halogenated alkanes) is 14. The predicted molar refractivity (Wildman–Crippen MR) is 134 cm³/mol. The number of carbonyl (C=O) groups excluding carboxylic acids is 2. The molecule has 1 saturated heterocycles. The SMILES string of the molecule is CCCCCCCCCCCCCCCCCC(O)C(C)C(=O)NC1CCCCN(O)C1=O. The molecule has 2 amide bonds. The molecule has 0 aromatic rings. The highest BCUT2D eigenvalue weighted by Gasteiger charge is 2.30. The fourth-order valence-corrected chi connectivity index (χ4v) is 4.61. The highest BCUT2D eigenvalue weighted by molar-refractivity contribution is 5.88. The van der Waals surface area contributed by atoms with Crippen molar-refractivity contribution in [3.63, 3.8) is 0 Å². The average molecular weight is 469 g/mol. The maximum Gasteiger partial charge on any atom is 0.268 e. The van der Waals surface area contributed by atoms with Crippen LogP contribution >= 0.6 is 0 Å². The minimum atomic E-state index is -0.696. The zero-order chi connectivity index (χ0) is 24.3. The van der Waals surface area contributed by atoms with Gasteiger partial charge in [0.05, 0.1) is 12.0 Å². The summed E-state index contributed by atoms with van der Waals surface area (Å²) in [6.45, 7) is 4.28. The van der Waals surface area contributed by atoms with Crippen molar-refractivity contribution in [3.8, 4) is 0 Å². The Morgan fingerprint density at radius 1 is 0.909 bits per heavy atom. The summed E-state index contributed by atoms with van der Waals surface area (Å²) in [5.41, 5.74) is 0. The smallest absolute Gasteiger partial charge is 0.268 e. The van der Waals surface area contributed by atoms with Crippen molar-refractivity contribution in [2.75, 3.05) is 6.54 Å². The van der Waals surface area contributed by atoms with Gasteiger partial charge < -0.3 is 10.4 Å². The van der Waals surface area contributed by atoms with Gasteiger partial charge in [0.25, 0.3) is 5.91 Å². The van der Waals surface area contributed by atoms with E-state index >= 15 is 0 Å². The summed E-state index contributed by atoms with van der Waals surface area (Å²) in [6, 6.07) is -0.689. The van der Waals surface area contributed by atoms with Crippen LogP contribution in [0.25, 0.3) is 0 Å². The molecular weight excluding hydrogens is 416 g/mol. The molecule has 6 heteroatoms. The maximum atomic E-state index is 12.5. The third-order valence-electron chi connectivity index (χ3n) is 7.08. The zero-order valence-electron chi connectivity index (χ0n) is 21.5. The van der Waals surface area contributed by atoms with Gasteiger partial charge in [-0.25, -0.2) is 5.06 Å². The van der Waals surface area contributed by atoms with Crippen LogP contribution in [0.1, 0.15) is 136 Å². The molecule has 3 atom stereocenters. The van der Waals surface area contributed by atoms with E-state index in [1.807, 2.05) is 0 Å². The van der Waals surface area contributed by atoms with Crippen LogP contribution in [0.3, 0.4) is 0 Å². The Morgan fingerprint density at radius 3 is 1.91 bits per heavy atom. The van der Waals surface area contributed by atoms with Crippen molar-refractivity contribution in [2.24, 2.45) is 5.92 Å². The highest BCUT2D eigenvalue weighted by atomic mass is 16.5. The number of hydrogen-bond acceptors (Lipinski definition) is 4. The normalized spacial score (nSPS) is 18.7. The Morgan fingerprint density at radius 2 is 1.39 bits per heavy atom. The number of hydrogen-bond donors (Lipinski definition) is 3. The Labute approximate surface area is 202 Å². The van der Waals surface area contributed by atoms with E-state index in [1.165, 1.54) is 83.5 Å². The lowest BCUT2D eigenvalue weighted by molar-refractivity contribution is -0.167. The fourth-order valence-electron chi connectivity index (χ4n) is 4.61. The van der Waals surface area contributed by atoms with Gasteiger partial charge in [-0.15, -0.1) is 0 Å². The van der Waals surface area contributed by atoms with E-state index in [0.717, 1.165) is 25.7 Å². The molecule has 0 saturated carbocycles. The first-order valence-electron chi connectivity index (χ1n) is 14.0. The topological polar surface area (TPSA) is 89.9 Å². The van der Waals surface area contributed by atoms with Crippen molar-refractivity contribution in [1.29, 1.82) is 0 Å². The van der Waals surface area contributed by atoms with Crippen molar-refractivity contribution < 1.29 is 19.9 Å². The number of amides is 2. The van der Waals surface area contributed by atoms with Gasteiger partial charge in [0.1, 0.15) is 6.04 Å². The van der Waals surface area contributed by atoms with E-state index in [0.29, 0.717) is 24.4 Å². The molecule has 1 heterocycles. The zero-order valence-corrected chi connectivity index (χ0v) is 21.5.